The molecule has 0 fully saturated rings. The third kappa shape index (κ3) is 6.52. The van der Waals surface area contributed by atoms with E-state index in [1.807, 2.05) is 13.8 Å². The van der Waals surface area contributed by atoms with Crippen LogP contribution in [0, 0.1) is 11.7 Å². The quantitative estimate of drug-likeness (QED) is 0.696. The molecule has 2 amide bonds. The van der Waals surface area contributed by atoms with Crippen LogP contribution >= 0.6 is 0 Å². The van der Waals surface area contributed by atoms with E-state index >= 15 is 0 Å². The molecule has 0 radical (unpaired) electrons. The fourth-order valence-electron chi connectivity index (χ4n) is 2.36. The van der Waals surface area contributed by atoms with E-state index in [9.17, 15) is 18.8 Å². The Labute approximate surface area is 147 Å². The van der Waals surface area contributed by atoms with Crippen LogP contribution in [0.1, 0.15) is 32.8 Å². The highest BCUT2D eigenvalue weighted by atomic mass is 19.1. The number of esters is 1. The smallest absolute Gasteiger partial charge is 0.328 e. The van der Waals surface area contributed by atoms with Crippen LogP contribution in [0.15, 0.2) is 24.3 Å². The Hall–Kier alpha value is -2.44. The second-order valence-corrected chi connectivity index (χ2v) is 5.98. The first-order chi connectivity index (χ1) is 11.8. The lowest BCUT2D eigenvalue weighted by Gasteiger charge is -2.25. The molecule has 0 aliphatic carbocycles. The minimum atomic E-state index is -0.876. The maximum Gasteiger partial charge on any atom is 0.328 e. The summed E-state index contributed by atoms with van der Waals surface area (Å²) < 4.78 is 17.8. The van der Waals surface area contributed by atoms with Crippen molar-refractivity contribution in [3.8, 4) is 0 Å². The Bertz CT molecular complexity index is 604. The molecule has 0 aliphatic rings. The van der Waals surface area contributed by atoms with Gasteiger partial charge in [0.05, 0.1) is 7.11 Å². The van der Waals surface area contributed by atoms with Gasteiger partial charge in [-0.25, -0.2) is 9.18 Å². The number of rotatable bonds is 8. The SMILES string of the molecule is CC[C@H](C)[C@H](NC(=O)[C@H](Cc1ccc(F)cc1)NC(C)=O)C(=O)OC. The molecule has 0 bridgehead atoms. The number of methoxy groups -OCH3 is 1. The molecule has 1 aromatic carbocycles. The summed E-state index contributed by atoms with van der Waals surface area (Å²) in [7, 11) is 1.26. The molecule has 1 rings (SSSR count). The Morgan fingerprint density at radius 3 is 2.24 bits per heavy atom. The molecule has 0 spiro atoms. The number of nitrogens with one attached hydrogen (secondary N) is 2. The zero-order valence-corrected chi connectivity index (χ0v) is 15.0. The van der Waals surface area contributed by atoms with E-state index in [2.05, 4.69) is 10.6 Å². The van der Waals surface area contributed by atoms with Crippen LogP contribution in [-0.4, -0.2) is 37.0 Å². The number of benzene rings is 1. The number of halogens is 1. The van der Waals surface area contributed by atoms with Crippen molar-refractivity contribution >= 4 is 17.8 Å². The van der Waals surface area contributed by atoms with E-state index in [0.717, 1.165) is 0 Å². The molecule has 0 saturated carbocycles. The average Bonchev–Trinajstić information content (AvgIpc) is 2.59. The monoisotopic (exact) mass is 352 g/mol. The van der Waals surface area contributed by atoms with Crippen LogP contribution in [0.25, 0.3) is 0 Å². The standard InChI is InChI=1S/C18H25FN2O4/c1-5-11(2)16(18(24)25-4)21-17(23)15(20-12(3)22)10-13-6-8-14(19)9-7-13/h6-9,11,15-16H,5,10H2,1-4H3,(H,20,22)(H,21,23)/t11-,15-,16-/m0/s1. The van der Waals surface area contributed by atoms with Gasteiger partial charge in [-0.15, -0.1) is 0 Å². The van der Waals surface area contributed by atoms with Crippen molar-refractivity contribution in [2.75, 3.05) is 7.11 Å². The molecular formula is C18H25FN2O4. The average molecular weight is 352 g/mol. The number of carbonyl (C=O) groups excluding carboxylic acids is 3. The second kappa shape index (κ2) is 9.76. The molecule has 2 N–H and O–H groups in total. The number of hydrogen-bond acceptors (Lipinski definition) is 4. The van der Waals surface area contributed by atoms with Crippen molar-refractivity contribution < 1.29 is 23.5 Å². The predicted molar refractivity (Wildman–Crippen MR) is 91.1 cm³/mol. The molecule has 6 nitrogen and oxygen atoms in total. The highest BCUT2D eigenvalue weighted by Crippen LogP contribution is 2.11. The first kappa shape index (κ1) is 20.6. The summed E-state index contributed by atoms with van der Waals surface area (Å²) in [4.78, 5) is 35.9. The summed E-state index contributed by atoms with van der Waals surface area (Å²) in [5.41, 5.74) is 0.688. The fourth-order valence-corrected chi connectivity index (χ4v) is 2.36. The van der Waals surface area contributed by atoms with Gasteiger partial charge < -0.3 is 15.4 Å². The zero-order chi connectivity index (χ0) is 19.0. The summed E-state index contributed by atoms with van der Waals surface area (Å²) in [6.07, 6.45) is 0.850. The number of ether oxygens (including phenoxy) is 1. The van der Waals surface area contributed by atoms with E-state index in [4.69, 9.17) is 4.74 Å². The zero-order valence-electron chi connectivity index (χ0n) is 15.0. The van der Waals surface area contributed by atoms with Gasteiger partial charge in [-0.05, 0) is 23.6 Å². The molecular weight excluding hydrogens is 327 g/mol. The van der Waals surface area contributed by atoms with E-state index in [0.29, 0.717) is 12.0 Å². The number of hydrogen-bond donors (Lipinski definition) is 2. The molecule has 0 heterocycles. The minimum Gasteiger partial charge on any atom is -0.467 e. The van der Waals surface area contributed by atoms with Crippen LogP contribution in [0.5, 0.6) is 0 Å². The number of amides is 2. The van der Waals surface area contributed by atoms with Crippen LogP contribution < -0.4 is 10.6 Å². The molecule has 0 saturated heterocycles. The Balaban J connectivity index is 2.92. The maximum atomic E-state index is 13.0. The summed E-state index contributed by atoms with van der Waals surface area (Å²) in [6, 6.07) is 3.99. The molecule has 25 heavy (non-hydrogen) atoms. The third-order valence-corrected chi connectivity index (χ3v) is 4.01. The van der Waals surface area contributed by atoms with Crippen molar-refractivity contribution in [1.29, 1.82) is 0 Å². The largest absolute Gasteiger partial charge is 0.467 e. The van der Waals surface area contributed by atoms with Gasteiger partial charge in [-0.1, -0.05) is 32.4 Å². The lowest BCUT2D eigenvalue weighted by atomic mass is 9.98. The molecule has 1 aromatic rings. The van der Waals surface area contributed by atoms with Gasteiger partial charge >= 0.3 is 5.97 Å². The Kier molecular flexibility index (Phi) is 8.04. The van der Waals surface area contributed by atoms with Crippen LogP contribution in [0.2, 0.25) is 0 Å². The number of carbonyl (C=O) groups is 3. The van der Waals surface area contributed by atoms with Crippen molar-refractivity contribution in [2.45, 2.75) is 45.7 Å². The minimum absolute atomic E-state index is 0.125. The first-order valence-corrected chi connectivity index (χ1v) is 8.18. The lowest BCUT2D eigenvalue weighted by molar-refractivity contribution is -0.146. The Morgan fingerprint density at radius 1 is 1.16 bits per heavy atom. The van der Waals surface area contributed by atoms with E-state index < -0.39 is 24.0 Å². The topological polar surface area (TPSA) is 84.5 Å². The van der Waals surface area contributed by atoms with Crippen molar-refractivity contribution in [3.05, 3.63) is 35.6 Å². The highest BCUT2D eigenvalue weighted by molar-refractivity contribution is 5.90. The van der Waals surface area contributed by atoms with Crippen LogP contribution in [0.4, 0.5) is 4.39 Å². The molecule has 0 aliphatic heterocycles. The van der Waals surface area contributed by atoms with Gasteiger partial charge in [0.25, 0.3) is 0 Å². The summed E-state index contributed by atoms with van der Waals surface area (Å²) in [5, 5.41) is 5.22. The summed E-state index contributed by atoms with van der Waals surface area (Å²) in [6.45, 7) is 5.03. The van der Waals surface area contributed by atoms with E-state index in [-0.39, 0.29) is 24.1 Å². The normalized spacial score (nSPS) is 14.1. The van der Waals surface area contributed by atoms with Gasteiger partial charge in [0.1, 0.15) is 17.9 Å². The second-order valence-electron chi connectivity index (χ2n) is 5.98. The summed E-state index contributed by atoms with van der Waals surface area (Å²) >= 11 is 0. The van der Waals surface area contributed by atoms with Crippen molar-refractivity contribution in [1.82, 2.24) is 10.6 Å². The van der Waals surface area contributed by atoms with Crippen LogP contribution in [-0.2, 0) is 25.5 Å². The third-order valence-electron chi connectivity index (χ3n) is 4.01. The first-order valence-electron chi connectivity index (χ1n) is 8.18. The molecule has 0 unspecified atom stereocenters. The van der Waals surface area contributed by atoms with Gasteiger partial charge in [-0.2, -0.15) is 0 Å². The highest BCUT2D eigenvalue weighted by Gasteiger charge is 2.30. The van der Waals surface area contributed by atoms with E-state index in [1.165, 1.54) is 26.2 Å². The van der Waals surface area contributed by atoms with Gasteiger partial charge in [-0.3, -0.25) is 9.59 Å². The van der Waals surface area contributed by atoms with Gasteiger partial charge in [0, 0.05) is 13.3 Å². The fraction of sp³-hybridized carbons (Fsp3) is 0.500. The van der Waals surface area contributed by atoms with E-state index in [1.54, 1.807) is 12.1 Å². The molecule has 138 valence electrons. The maximum absolute atomic E-state index is 13.0. The predicted octanol–water partition coefficient (Wildman–Crippen LogP) is 1.58. The lowest BCUT2D eigenvalue weighted by Crippen LogP contribution is -2.54. The molecule has 7 heteroatoms. The van der Waals surface area contributed by atoms with Crippen LogP contribution in [0.3, 0.4) is 0 Å². The summed E-state index contributed by atoms with van der Waals surface area (Å²) in [5.74, 6) is -1.91. The molecule has 0 aromatic heterocycles. The van der Waals surface area contributed by atoms with Gasteiger partial charge in [0.15, 0.2) is 0 Å². The van der Waals surface area contributed by atoms with Gasteiger partial charge in [0.2, 0.25) is 11.8 Å². The van der Waals surface area contributed by atoms with Crippen molar-refractivity contribution in [2.24, 2.45) is 5.92 Å². The van der Waals surface area contributed by atoms with Crippen molar-refractivity contribution in [3.63, 3.8) is 0 Å². The Morgan fingerprint density at radius 2 is 1.76 bits per heavy atom. The molecule has 3 atom stereocenters.